The maximum Gasteiger partial charge on any atom is 0.321 e. The molecule has 0 spiro atoms. The number of aliphatic carboxylic acids is 1. The maximum absolute atomic E-state index is 10.7. The number of carboxylic acids is 1. The zero-order valence-corrected chi connectivity index (χ0v) is 11.4. The van der Waals surface area contributed by atoms with Crippen molar-refractivity contribution in [3.8, 4) is 0 Å². The Hall–Kier alpha value is -0.180. The van der Waals surface area contributed by atoms with Crippen LogP contribution in [0.1, 0.15) is 6.42 Å². The SMILES string of the molecule is CS(=O)CCCNC(=S)SC[C@H](N)C(=O)O. The van der Waals surface area contributed by atoms with Gasteiger partial charge in [-0.3, -0.25) is 9.00 Å². The van der Waals surface area contributed by atoms with E-state index < -0.39 is 22.8 Å². The molecule has 4 N–H and O–H groups in total. The van der Waals surface area contributed by atoms with Gasteiger partial charge < -0.3 is 16.2 Å². The predicted molar refractivity (Wildman–Crippen MR) is 72.2 cm³/mol. The minimum absolute atomic E-state index is 0.251. The largest absolute Gasteiger partial charge is 0.480 e. The number of thiocarbonyl (C=S) groups is 1. The summed E-state index contributed by atoms with van der Waals surface area (Å²) in [6.07, 6.45) is 2.42. The van der Waals surface area contributed by atoms with Crippen LogP contribution in [0.25, 0.3) is 0 Å². The van der Waals surface area contributed by atoms with Crippen molar-refractivity contribution in [1.82, 2.24) is 5.32 Å². The van der Waals surface area contributed by atoms with E-state index in [4.69, 9.17) is 23.1 Å². The van der Waals surface area contributed by atoms with Gasteiger partial charge in [-0.2, -0.15) is 0 Å². The Labute approximate surface area is 107 Å². The molecule has 0 amide bonds. The lowest BCUT2D eigenvalue weighted by Crippen LogP contribution is -2.34. The van der Waals surface area contributed by atoms with Gasteiger partial charge in [0.1, 0.15) is 10.4 Å². The van der Waals surface area contributed by atoms with Crippen LogP contribution in [0.3, 0.4) is 0 Å². The predicted octanol–water partition coefficient (Wildman–Crippen LogP) is -0.225. The van der Waals surface area contributed by atoms with E-state index in [-0.39, 0.29) is 5.75 Å². The molecule has 16 heavy (non-hydrogen) atoms. The van der Waals surface area contributed by atoms with Crippen molar-refractivity contribution in [2.24, 2.45) is 5.73 Å². The lowest BCUT2D eigenvalue weighted by Gasteiger charge is -2.08. The summed E-state index contributed by atoms with van der Waals surface area (Å²) in [5, 5.41) is 11.5. The van der Waals surface area contributed by atoms with Gasteiger partial charge in [0, 0.05) is 35.1 Å². The van der Waals surface area contributed by atoms with E-state index in [1.807, 2.05) is 0 Å². The molecule has 0 aliphatic heterocycles. The Morgan fingerprint density at radius 2 is 2.31 bits per heavy atom. The first-order chi connectivity index (χ1) is 7.43. The number of hydrogen-bond donors (Lipinski definition) is 3. The fourth-order valence-corrected chi connectivity index (χ4v) is 2.29. The highest BCUT2D eigenvalue weighted by Gasteiger charge is 2.12. The topological polar surface area (TPSA) is 92.4 Å². The van der Waals surface area contributed by atoms with Gasteiger partial charge in [0.05, 0.1) is 0 Å². The third-order valence-electron chi connectivity index (χ3n) is 1.59. The number of hydrogen-bond acceptors (Lipinski definition) is 5. The van der Waals surface area contributed by atoms with Crippen molar-refractivity contribution in [1.29, 1.82) is 0 Å². The lowest BCUT2D eigenvalue weighted by atomic mass is 10.4. The molecule has 1 unspecified atom stereocenters. The Kier molecular flexibility index (Phi) is 8.81. The standard InChI is InChI=1S/C8H16N2O3S3/c1-16(13)4-2-3-10-8(14)15-5-6(9)7(11)12/h6H,2-5,9H2,1H3,(H,10,14)(H,11,12)/t6-,16?/m0/s1. The Balaban J connectivity index is 3.52. The van der Waals surface area contributed by atoms with Gasteiger partial charge in [0.15, 0.2) is 0 Å². The molecule has 2 atom stereocenters. The van der Waals surface area contributed by atoms with Crippen LogP contribution >= 0.6 is 24.0 Å². The first kappa shape index (κ1) is 15.8. The number of carbonyl (C=O) groups is 1. The van der Waals surface area contributed by atoms with Crippen LogP contribution in [0.2, 0.25) is 0 Å². The molecule has 5 nitrogen and oxygen atoms in total. The summed E-state index contributed by atoms with van der Waals surface area (Å²) in [5.41, 5.74) is 5.31. The van der Waals surface area contributed by atoms with Crippen LogP contribution in [0.5, 0.6) is 0 Å². The van der Waals surface area contributed by atoms with Crippen LogP contribution < -0.4 is 11.1 Å². The van der Waals surface area contributed by atoms with E-state index in [2.05, 4.69) is 5.32 Å². The van der Waals surface area contributed by atoms with Crippen molar-refractivity contribution in [2.75, 3.05) is 24.3 Å². The molecule has 0 aliphatic carbocycles. The zero-order valence-electron chi connectivity index (χ0n) is 8.97. The molecule has 0 aromatic heterocycles. The second-order valence-electron chi connectivity index (χ2n) is 3.10. The maximum atomic E-state index is 10.7. The molecule has 0 saturated carbocycles. The Bertz CT molecular complexity index is 273. The first-order valence-electron chi connectivity index (χ1n) is 4.62. The number of carboxylic acid groups (broad SMARTS) is 1. The van der Waals surface area contributed by atoms with Crippen LogP contribution in [-0.2, 0) is 15.6 Å². The summed E-state index contributed by atoms with van der Waals surface area (Å²) in [5.74, 6) is -0.146. The molecule has 0 aliphatic rings. The Morgan fingerprint density at radius 1 is 1.69 bits per heavy atom. The molecule has 0 radical (unpaired) electrons. The fourth-order valence-electron chi connectivity index (χ4n) is 0.754. The fraction of sp³-hybridized carbons (Fsp3) is 0.750. The molecule has 0 bridgehead atoms. The summed E-state index contributed by atoms with van der Waals surface area (Å²) in [6.45, 7) is 0.647. The smallest absolute Gasteiger partial charge is 0.321 e. The highest BCUT2D eigenvalue weighted by molar-refractivity contribution is 8.23. The molecule has 8 heteroatoms. The van der Waals surface area contributed by atoms with Crippen molar-refractivity contribution in [3.63, 3.8) is 0 Å². The quantitative estimate of drug-likeness (QED) is 0.439. The van der Waals surface area contributed by atoms with Crippen molar-refractivity contribution in [2.45, 2.75) is 12.5 Å². The molecular weight excluding hydrogens is 268 g/mol. The summed E-state index contributed by atoms with van der Waals surface area (Å²) in [7, 11) is -0.785. The van der Waals surface area contributed by atoms with Crippen LogP contribution in [0, 0.1) is 0 Å². The van der Waals surface area contributed by atoms with Gasteiger partial charge in [-0.25, -0.2) is 0 Å². The van der Waals surface area contributed by atoms with E-state index >= 15 is 0 Å². The molecule has 0 saturated heterocycles. The summed E-state index contributed by atoms with van der Waals surface area (Å²) in [6, 6.07) is -0.895. The second kappa shape index (κ2) is 8.91. The van der Waals surface area contributed by atoms with E-state index in [0.29, 0.717) is 16.6 Å². The highest BCUT2D eigenvalue weighted by Crippen LogP contribution is 2.03. The van der Waals surface area contributed by atoms with E-state index in [9.17, 15) is 9.00 Å². The second-order valence-corrected chi connectivity index (χ2v) is 6.35. The monoisotopic (exact) mass is 284 g/mol. The number of rotatable bonds is 7. The first-order valence-corrected chi connectivity index (χ1v) is 7.74. The summed E-state index contributed by atoms with van der Waals surface area (Å²) < 4.78 is 11.3. The van der Waals surface area contributed by atoms with Crippen molar-refractivity contribution < 1.29 is 14.1 Å². The van der Waals surface area contributed by atoms with Crippen LogP contribution in [0.15, 0.2) is 0 Å². The molecule has 0 heterocycles. The third kappa shape index (κ3) is 9.08. The van der Waals surface area contributed by atoms with Gasteiger partial charge >= 0.3 is 5.97 Å². The molecule has 94 valence electrons. The minimum Gasteiger partial charge on any atom is -0.480 e. The van der Waals surface area contributed by atoms with Crippen molar-refractivity contribution in [3.05, 3.63) is 0 Å². The summed E-state index contributed by atoms with van der Waals surface area (Å²) in [4.78, 5) is 10.4. The van der Waals surface area contributed by atoms with E-state index in [1.165, 1.54) is 11.8 Å². The highest BCUT2D eigenvalue weighted by atomic mass is 32.2. The van der Waals surface area contributed by atoms with Gasteiger partial charge in [-0.1, -0.05) is 24.0 Å². The van der Waals surface area contributed by atoms with Gasteiger partial charge in [-0.05, 0) is 6.42 Å². The zero-order chi connectivity index (χ0) is 12.6. The molecule has 0 aromatic carbocycles. The third-order valence-corrected chi connectivity index (χ3v) is 3.88. The number of nitrogens with one attached hydrogen (secondary N) is 1. The lowest BCUT2D eigenvalue weighted by molar-refractivity contribution is -0.137. The van der Waals surface area contributed by atoms with Gasteiger partial charge in [0.25, 0.3) is 0 Å². The number of nitrogens with two attached hydrogens (primary N) is 1. The van der Waals surface area contributed by atoms with Gasteiger partial charge in [-0.15, -0.1) is 0 Å². The van der Waals surface area contributed by atoms with Crippen molar-refractivity contribution >= 4 is 45.1 Å². The molecule has 0 aromatic rings. The van der Waals surface area contributed by atoms with Crippen LogP contribution in [-0.4, -0.2) is 50.0 Å². The minimum atomic E-state index is -1.03. The normalized spacial score (nSPS) is 14.1. The van der Waals surface area contributed by atoms with Gasteiger partial charge in [0.2, 0.25) is 0 Å². The summed E-state index contributed by atoms with van der Waals surface area (Å²) >= 11 is 6.18. The molecule has 0 rings (SSSR count). The average molecular weight is 284 g/mol. The Morgan fingerprint density at radius 3 is 2.81 bits per heavy atom. The molecule has 0 fully saturated rings. The molecular formula is C8H16N2O3S3. The average Bonchev–Trinajstić information content (AvgIpc) is 2.20. The number of thioether (sulfide) groups is 1. The van der Waals surface area contributed by atoms with Crippen LogP contribution in [0.4, 0.5) is 0 Å². The van der Waals surface area contributed by atoms with E-state index in [1.54, 1.807) is 6.26 Å². The van der Waals surface area contributed by atoms with E-state index in [0.717, 1.165) is 6.42 Å².